The Balaban J connectivity index is 1.97. The standard InChI is InChI=1S/C15H23N3O2S/c1-2-3-4-5-6-7-10-21(19,20)15-17-13-9-8-12(16)11-14(13)18-15/h8-9,11H,2-7,10,16H2,1H3,(H,17,18). The SMILES string of the molecule is CCCCCCCCS(=O)(=O)c1nc2ccc(N)cc2[nH]1. The molecule has 2 aromatic rings. The molecule has 0 amide bonds. The number of benzene rings is 1. The molecule has 0 fully saturated rings. The minimum absolute atomic E-state index is 0.0525. The molecule has 0 aliphatic heterocycles. The van der Waals surface area contributed by atoms with Gasteiger partial charge >= 0.3 is 0 Å². The third-order valence-corrected chi connectivity index (χ3v) is 5.15. The lowest BCUT2D eigenvalue weighted by atomic mass is 10.1. The van der Waals surface area contributed by atoms with E-state index in [1.165, 1.54) is 19.3 Å². The van der Waals surface area contributed by atoms with Crippen LogP contribution in [0, 0.1) is 0 Å². The van der Waals surface area contributed by atoms with Crippen molar-refractivity contribution in [2.24, 2.45) is 0 Å². The number of aromatic nitrogens is 2. The fraction of sp³-hybridized carbons (Fsp3) is 0.533. The second-order valence-corrected chi connectivity index (χ2v) is 7.43. The number of unbranched alkanes of at least 4 members (excludes halogenated alkanes) is 5. The fourth-order valence-electron chi connectivity index (χ4n) is 2.32. The van der Waals surface area contributed by atoms with Crippen LogP contribution in [0.1, 0.15) is 45.4 Å². The molecular formula is C15H23N3O2S. The quantitative estimate of drug-likeness (QED) is 0.578. The second kappa shape index (κ2) is 6.93. The van der Waals surface area contributed by atoms with E-state index in [1.54, 1.807) is 18.2 Å². The predicted octanol–water partition coefficient (Wildman–Crippen LogP) is 3.28. The third kappa shape index (κ3) is 4.20. The lowest BCUT2D eigenvalue weighted by Crippen LogP contribution is -2.08. The van der Waals surface area contributed by atoms with Crippen LogP contribution >= 0.6 is 0 Å². The Morgan fingerprint density at radius 1 is 1.14 bits per heavy atom. The maximum Gasteiger partial charge on any atom is 0.226 e. The van der Waals surface area contributed by atoms with Crippen LogP contribution in [0.15, 0.2) is 23.4 Å². The zero-order valence-corrected chi connectivity index (χ0v) is 13.2. The molecule has 5 nitrogen and oxygen atoms in total. The molecule has 0 spiro atoms. The number of anilines is 1. The van der Waals surface area contributed by atoms with E-state index in [4.69, 9.17) is 5.73 Å². The van der Waals surface area contributed by atoms with Crippen LogP contribution in [0.25, 0.3) is 11.0 Å². The first-order chi connectivity index (χ1) is 10.0. The van der Waals surface area contributed by atoms with Crippen LogP contribution < -0.4 is 5.73 Å². The van der Waals surface area contributed by atoms with E-state index >= 15 is 0 Å². The average molecular weight is 309 g/mol. The van der Waals surface area contributed by atoms with Crippen molar-refractivity contribution in [3.63, 3.8) is 0 Å². The highest BCUT2D eigenvalue weighted by atomic mass is 32.2. The third-order valence-electron chi connectivity index (χ3n) is 3.55. The predicted molar refractivity (Wildman–Crippen MR) is 85.9 cm³/mol. The molecule has 0 bridgehead atoms. The normalized spacial score (nSPS) is 12.0. The van der Waals surface area contributed by atoms with Crippen molar-refractivity contribution in [1.29, 1.82) is 0 Å². The second-order valence-electron chi connectivity index (χ2n) is 5.41. The van der Waals surface area contributed by atoms with Gasteiger partial charge in [-0.2, -0.15) is 0 Å². The molecule has 6 heteroatoms. The molecule has 1 heterocycles. The molecule has 1 aromatic carbocycles. The highest BCUT2D eigenvalue weighted by Gasteiger charge is 2.18. The highest BCUT2D eigenvalue weighted by Crippen LogP contribution is 2.19. The number of nitrogens with zero attached hydrogens (tertiary/aromatic N) is 1. The van der Waals surface area contributed by atoms with Crippen molar-refractivity contribution in [3.05, 3.63) is 18.2 Å². The van der Waals surface area contributed by atoms with Gasteiger partial charge in [-0.15, -0.1) is 0 Å². The Bertz CT molecular complexity index is 692. The number of fused-ring (bicyclic) bond motifs is 1. The summed E-state index contributed by atoms with van der Waals surface area (Å²) < 4.78 is 24.5. The number of sulfone groups is 1. The van der Waals surface area contributed by atoms with Crippen molar-refractivity contribution in [2.45, 2.75) is 50.6 Å². The lowest BCUT2D eigenvalue weighted by Gasteiger charge is -2.01. The van der Waals surface area contributed by atoms with Crippen molar-refractivity contribution >= 4 is 26.6 Å². The summed E-state index contributed by atoms with van der Waals surface area (Å²) in [6, 6.07) is 5.14. The first-order valence-electron chi connectivity index (χ1n) is 7.51. The van der Waals surface area contributed by atoms with E-state index in [9.17, 15) is 8.42 Å². The van der Waals surface area contributed by atoms with Crippen molar-refractivity contribution in [3.8, 4) is 0 Å². The van der Waals surface area contributed by atoms with Crippen LogP contribution in [0.4, 0.5) is 5.69 Å². The number of imidazole rings is 1. The van der Waals surface area contributed by atoms with E-state index in [2.05, 4.69) is 16.9 Å². The van der Waals surface area contributed by atoms with Gasteiger partial charge in [-0.3, -0.25) is 0 Å². The van der Waals surface area contributed by atoms with Gasteiger partial charge < -0.3 is 10.7 Å². The molecule has 0 aliphatic carbocycles. The van der Waals surface area contributed by atoms with Crippen LogP contribution in [-0.2, 0) is 9.84 Å². The van der Waals surface area contributed by atoms with Gasteiger partial charge in [0, 0.05) is 5.69 Å². The average Bonchev–Trinajstić information content (AvgIpc) is 2.86. The monoisotopic (exact) mass is 309 g/mol. The summed E-state index contributed by atoms with van der Waals surface area (Å²) in [6.45, 7) is 2.17. The molecule has 21 heavy (non-hydrogen) atoms. The Hall–Kier alpha value is -1.56. The van der Waals surface area contributed by atoms with Crippen LogP contribution in [0.2, 0.25) is 0 Å². The number of rotatable bonds is 8. The molecule has 0 atom stereocenters. The maximum atomic E-state index is 12.3. The Kier molecular flexibility index (Phi) is 5.22. The molecule has 1 aromatic heterocycles. The number of nitrogens with one attached hydrogen (secondary N) is 1. The van der Waals surface area contributed by atoms with Gasteiger partial charge in [-0.25, -0.2) is 13.4 Å². The zero-order valence-electron chi connectivity index (χ0n) is 12.4. The maximum absolute atomic E-state index is 12.3. The van der Waals surface area contributed by atoms with E-state index in [1.807, 2.05) is 0 Å². The summed E-state index contributed by atoms with van der Waals surface area (Å²) in [6.07, 6.45) is 6.33. The van der Waals surface area contributed by atoms with E-state index in [0.717, 1.165) is 12.8 Å². The number of hydrogen-bond donors (Lipinski definition) is 2. The summed E-state index contributed by atoms with van der Waals surface area (Å²) in [5.74, 6) is 0.147. The van der Waals surface area contributed by atoms with Gasteiger partial charge in [-0.05, 0) is 24.6 Å². The highest BCUT2D eigenvalue weighted by molar-refractivity contribution is 7.91. The summed E-state index contributed by atoms with van der Waals surface area (Å²) in [4.78, 5) is 7.01. The van der Waals surface area contributed by atoms with Crippen LogP contribution in [0.5, 0.6) is 0 Å². The molecule has 0 radical (unpaired) electrons. The lowest BCUT2D eigenvalue weighted by molar-refractivity contribution is 0.578. The molecular weight excluding hydrogens is 286 g/mol. The number of hydrogen-bond acceptors (Lipinski definition) is 4. The number of nitrogen functional groups attached to an aromatic ring is 1. The molecule has 0 saturated carbocycles. The van der Waals surface area contributed by atoms with Crippen LogP contribution in [0.3, 0.4) is 0 Å². The minimum atomic E-state index is -3.34. The Morgan fingerprint density at radius 2 is 1.86 bits per heavy atom. The topological polar surface area (TPSA) is 88.8 Å². The Labute approximate surface area is 125 Å². The number of nitrogens with two attached hydrogens (primary N) is 1. The first-order valence-corrected chi connectivity index (χ1v) is 9.16. The minimum Gasteiger partial charge on any atom is -0.399 e. The van der Waals surface area contributed by atoms with E-state index < -0.39 is 9.84 Å². The van der Waals surface area contributed by atoms with Gasteiger partial charge in [0.2, 0.25) is 15.0 Å². The molecule has 116 valence electrons. The van der Waals surface area contributed by atoms with Crippen molar-refractivity contribution < 1.29 is 8.42 Å². The first kappa shape index (κ1) is 15.8. The molecule has 0 aliphatic rings. The fourth-order valence-corrected chi connectivity index (χ4v) is 3.60. The summed E-state index contributed by atoms with van der Waals surface area (Å²) in [7, 11) is -3.34. The van der Waals surface area contributed by atoms with Gasteiger partial charge in [-0.1, -0.05) is 39.0 Å². The van der Waals surface area contributed by atoms with Gasteiger partial charge in [0.25, 0.3) is 0 Å². The smallest absolute Gasteiger partial charge is 0.226 e. The summed E-state index contributed by atoms with van der Waals surface area (Å²) >= 11 is 0. The molecule has 2 rings (SSSR count). The number of aromatic amines is 1. The number of H-pyrrole nitrogens is 1. The largest absolute Gasteiger partial charge is 0.399 e. The van der Waals surface area contributed by atoms with Crippen LogP contribution in [-0.4, -0.2) is 24.1 Å². The van der Waals surface area contributed by atoms with Crippen molar-refractivity contribution in [2.75, 3.05) is 11.5 Å². The molecule has 0 unspecified atom stereocenters. The molecule has 3 N–H and O–H groups in total. The molecule has 0 saturated heterocycles. The zero-order chi connectivity index (χ0) is 15.3. The van der Waals surface area contributed by atoms with Crippen molar-refractivity contribution in [1.82, 2.24) is 9.97 Å². The Morgan fingerprint density at radius 3 is 2.62 bits per heavy atom. The van der Waals surface area contributed by atoms with Gasteiger partial charge in [0.15, 0.2) is 0 Å². The van der Waals surface area contributed by atoms with E-state index in [0.29, 0.717) is 23.1 Å². The van der Waals surface area contributed by atoms with Gasteiger partial charge in [0.05, 0.1) is 16.8 Å². The van der Waals surface area contributed by atoms with Gasteiger partial charge in [0.1, 0.15) is 0 Å². The summed E-state index contributed by atoms with van der Waals surface area (Å²) in [5, 5.41) is 0.0525. The van der Waals surface area contributed by atoms with E-state index in [-0.39, 0.29) is 10.9 Å². The summed E-state index contributed by atoms with van der Waals surface area (Å²) in [5.41, 5.74) is 7.57.